The number of hydrogen-bond donors (Lipinski definition) is 1. The zero-order valence-corrected chi connectivity index (χ0v) is 6.51. The number of aromatic amines is 1. The summed E-state index contributed by atoms with van der Waals surface area (Å²) < 4.78 is 0.615. The molecule has 10 heavy (non-hydrogen) atoms. The number of aldehydes is 2. The number of H-pyrrole nitrogens is 1. The van der Waals surface area contributed by atoms with Crippen molar-refractivity contribution in [1.82, 2.24) is 4.98 Å². The highest BCUT2D eigenvalue weighted by Crippen LogP contribution is 2.14. The summed E-state index contributed by atoms with van der Waals surface area (Å²) in [5, 5.41) is 0. The Balaban J connectivity index is 3.15. The minimum absolute atomic E-state index is 0.391. The molecule has 0 saturated carbocycles. The third-order valence-corrected chi connectivity index (χ3v) is 1.72. The molecule has 1 N–H and O–H groups in total. The first-order valence-corrected chi connectivity index (χ1v) is 3.36. The number of carbonyl (C=O) groups excluding carboxylic acids is 2. The molecule has 0 aliphatic heterocycles. The topological polar surface area (TPSA) is 49.9 Å². The summed E-state index contributed by atoms with van der Waals surface area (Å²) in [5.41, 5.74) is 0.788. The standard InChI is InChI=1S/C6H4BrNO2/c7-5-1-4(2-9)8-6(5)3-10/h1-3,8H. The van der Waals surface area contributed by atoms with Crippen molar-refractivity contribution in [3.63, 3.8) is 0 Å². The molecule has 0 aliphatic carbocycles. The van der Waals surface area contributed by atoms with Gasteiger partial charge in [-0.2, -0.15) is 0 Å². The summed E-state index contributed by atoms with van der Waals surface area (Å²) in [6.45, 7) is 0. The van der Waals surface area contributed by atoms with Gasteiger partial charge in [0.25, 0.3) is 0 Å². The normalized spacial score (nSPS) is 9.30. The van der Waals surface area contributed by atoms with Crippen molar-refractivity contribution >= 4 is 28.5 Å². The molecule has 0 spiro atoms. The molecule has 0 amide bonds. The van der Waals surface area contributed by atoms with Gasteiger partial charge in [-0.05, 0) is 22.0 Å². The zero-order valence-electron chi connectivity index (χ0n) is 4.93. The Morgan fingerprint density at radius 2 is 2.10 bits per heavy atom. The molecule has 0 unspecified atom stereocenters. The summed E-state index contributed by atoms with van der Waals surface area (Å²) in [6.07, 6.45) is 1.30. The molecule has 1 aromatic heterocycles. The number of halogens is 1. The molecule has 52 valence electrons. The van der Waals surface area contributed by atoms with E-state index in [0.717, 1.165) is 0 Å². The lowest BCUT2D eigenvalue weighted by molar-refractivity contribution is 0.111. The van der Waals surface area contributed by atoms with Crippen LogP contribution in [0.5, 0.6) is 0 Å². The lowest BCUT2D eigenvalue weighted by atomic mass is 10.4. The van der Waals surface area contributed by atoms with Crippen LogP contribution < -0.4 is 0 Å². The maximum Gasteiger partial charge on any atom is 0.167 e. The molecular weight excluding hydrogens is 198 g/mol. The highest BCUT2D eigenvalue weighted by Gasteiger charge is 2.01. The molecule has 0 saturated heterocycles. The first-order valence-electron chi connectivity index (χ1n) is 2.57. The quantitative estimate of drug-likeness (QED) is 0.736. The predicted octanol–water partition coefficient (Wildman–Crippen LogP) is 1.40. The average Bonchev–Trinajstić information content (AvgIpc) is 2.30. The van der Waals surface area contributed by atoms with E-state index in [2.05, 4.69) is 20.9 Å². The first kappa shape index (κ1) is 7.21. The Morgan fingerprint density at radius 1 is 1.40 bits per heavy atom. The van der Waals surface area contributed by atoms with Crippen LogP contribution in [0, 0.1) is 0 Å². The van der Waals surface area contributed by atoms with E-state index in [1.54, 1.807) is 6.07 Å². The van der Waals surface area contributed by atoms with Crippen molar-refractivity contribution < 1.29 is 9.59 Å². The second kappa shape index (κ2) is 2.79. The third-order valence-electron chi connectivity index (χ3n) is 1.06. The van der Waals surface area contributed by atoms with E-state index in [4.69, 9.17) is 0 Å². The largest absolute Gasteiger partial charge is 0.349 e. The second-order valence-electron chi connectivity index (χ2n) is 1.72. The number of aromatic nitrogens is 1. The Kier molecular flexibility index (Phi) is 2.01. The van der Waals surface area contributed by atoms with Crippen molar-refractivity contribution in [2.75, 3.05) is 0 Å². The average molecular weight is 202 g/mol. The molecule has 1 rings (SSSR count). The third kappa shape index (κ3) is 1.16. The zero-order chi connectivity index (χ0) is 7.56. The molecule has 0 aromatic carbocycles. The van der Waals surface area contributed by atoms with Crippen LogP contribution in [0.25, 0.3) is 0 Å². The fourth-order valence-electron chi connectivity index (χ4n) is 0.615. The van der Waals surface area contributed by atoms with Crippen LogP contribution in [0.15, 0.2) is 10.5 Å². The van der Waals surface area contributed by atoms with Gasteiger partial charge in [-0.3, -0.25) is 9.59 Å². The molecule has 4 heteroatoms. The van der Waals surface area contributed by atoms with Crippen LogP contribution in [0.4, 0.5) is 0 Å². The van der Waals surface area contributed by atoms with E-state index in [1.165, 1.54) is 0 Å². The molecule has 0 aliphatic rings. The van der Waals surface area contributed by atoms with Gasteiger partial charge in [0.05, 0.1) is 11.4 Å². The van der Waals surface area contributed by atoms with E-state index in [1.807, 2.05) is 0 Å². The monoisotopic (exact) mass is 201 g/mol. The number of rotatable bonds is 2. The van der Waals surface area contributed by atoms with Gasteiger partial charge in [0.1, 0.15) is 0 Å². The lowest BCUT2D eigenvalue weighted by Crippen LogP contribution is -1.81. The van der Waals surface area contributed by atoms with E-state index < -0.39 is 0 Å². The van der Waals surface area contributed by atoms with Crippen LogP contribution in [-0.2, 0) is 0 Å². The van der Waals surface area contributed by atoms with Crippen LogP contribution >= 0.6 is 15.9 Å². The number of carbonyl (C=O) groups is 2. The Morgan fingerprint density at radius 3 is 2.40 bits per heavy atom. The summed E-state index contributed by atoms with van der Waals surface area (Å²) in [7, 11) is 0. The van der Waals surface area contributed by atoms with Crippen molar-refractivity contribution in [3.05, 3.63) is 21.9 Å². The summed E-state index contributed by atoms with van der Waals surface area (Å²) in [6, 6.07) is 1.55. The van der Waals surface area contributed by atoms with E-state index >= 15 is 0 Å². The van der Waals surface area contributed by atoms with Crippen molar-refractivity contribution in [2.45, 2.75) is 0 Å². The SMILES string of the molecule is O=Cc1cc(Br)c(C=O)[nH]1. The van der Waals surface area contributed by atoms with Gasteiger partial charge in [-0.1, -0.05) is 0 Å². The van der Waals surface area contributed by atoms with Crippen molar-refractivity contribution in [2.24, 2.45) is 0 Å². The Labute approximate surface area is 65.6 Å². The molecule has 0 bridgehead atoms. The lowest BCUT2D eigenvalue weighted by Gasteiger charge is -1.79. The number of hydrogen-bond acceptors (Lipinski definition) is 2. The second-order valence-corrected chi connectivity index (χ2v) is 2.58. The molecule has 0 atom stereocenters. The van der Waals surface area contributed by atoms with Crippen LogP contribution in [0.1, 0.15) is 21.0 Å². The highest BCUT2D eigenvalue weighted by molar-refractivity contribution is 9.10. The fourth-order valence-corrected chi connectivity index (χ4v) is 1.05. The van der Waals surface area contributed by atoms with Crippen molar-refractivity contribution in [3.8, 4) is 0 Å². The van der Waals surface area contributed by atoms with E-state index in [-0.39, 0.29) is 0 Å². The van der Waals surface area contributed by atoms with Gasteiger partial charge in [-0.25, -0.2) is 0 Å². The predicted molar refractivity (Wildman–Crippen MR) is 39.3 cm³/mol. The minimum atomic E-state index is 0.391. The smallest absolute Gasteiger partial charge is 0.167 e. The maximum absolute atomic E-state index is 10.2. The van der Waals surface area contributed by atoms with Gasteiger partial charge >= 0.3 is 0 Å². The van der Waals surface area contributed by atoms with Crippen LogP contribution in [-0.4, -0.2) is 17.6 Å². The molecule has 1 aromatic rings. The minimum Gasteiger partial charge on any atom is -0.349 e. The molecule has 3 nitrogen and oxygen atoms in total. The maximum atomic E-state index is 10.2. The molecule has 0 radical (unpaired) electrons. The van der Waals surface area contributed by atoms with Crippen molar-refractivity contribution in [1.29, 1.82) is 0 Å². The van der Waals surface area contributed by atoms with Crippen LogP contribution in [0.3, 0.4) is 0 Å². The molecular formula is C6H4BrNO2. The van der Waals surface area contributed by atoms with Gasteiger partial charge in [0.15, 0.2) is 12.6 Å². The summed E-state index contributed by atoms with van der Waals surface area (Å²) >= 11 is 3.10. The highest BCUT2D eigenvalue weighted by atomic mass is 79.9. The Hall–Kier alpha value is -0.900. The first-order chi connectivity index (χ1) is 4.77. The molecule has 1 heterocycles. The van der Waals surface area contributed by atoms with E-state index in [9.17, 15) is 9.59 Å². The summed E-state index contributed by atoms with van der Waals surface area (Å²) in [4.78, 5) is 22.9. The van der Waals surface area contributed by atoms with Gasteiger partial charge < -0.3 is 4.98 Å². The van der Waals surface area contributed by atoms with E-state index in [0.29, 0.717) is 28.4 Å². The van der Waals surface area contributed by atoms with Gasteiger partial charge in [0.2, 0.25) is 0 Å². The summed E-state index contributed by atoms with van der Waals surface area (Å²) in [5.74, 6) is 0. The molecule has 0 fully saturated rings. The Bertz CT molecular complexity index is 267. The van der Waals surface area contributed by atoms with Gasteiger partial charge in [0, 0.05) is 4.47 Å². The van der Waals surface area contributed by atoms with Gasteiger partial charge in [-0.15, -0.1) is 0 Å². The number of nitrogens with one attached hydrogen (secondary N) is 1. The fraction of sp³-hybridized carbons (Fsp3) is 0. The van der Waals surface area contributed by atoms with Crippen LogP contribution in [0.2, 0.25) is 0 Å².